The Hall–Kier alpha value is -3.02. The van der Waals surface area contributed by atoms with Crippen molar-refractivity contribution < 1.29 is 19.1 Å². The molecule has 0 radical (unpaired) electrons. The lowest BCUT2D eigenvalue weighted by atomic mass is 9.86. The van der Waals surface area contributed by atoms with Crippen LogP contribution in [0.1, 0.15) is 30.9 Å². The van der Waals surface area contributed by atoms with Gasteiger partial charge in [-0.2, -0.15) is 0 Å². The van der Waals surface area contributed by atoms with Gasteiger partial charge in [0.15, 0.2) is 0 Å². The number of fused-ring (bicyclic) bond motifs is 2. The molecule has 4 rings (SSSR count). The van der Waals surface area contributed by atoms with E-state index < -0.39 is 11.4 Å². The number of amides is 2. The predicted octanol–water partition coefficient (Wildman–Crippen LogP) is 2.25. The van der Waals surface area contributed by atoms with Gasteiger partial charge < -0.3 is 20.5 Å². The molecule has 1 aliphatic heterocycles. The Balaban J connectivity index is 1.61. The predicted molar refractivity (Wildman–Crippen MR) is 104 cm³/mol. The van der Waals surface area contributed by atoms with Crippen molar-refractivity contribution in [3.8, 4) is 11.5 Å². The molecule has 0 aromatic heterocycles. The molecule has 2 aromatic carbocycles. The van der Waals surface area contributed by atoms with Crippen LogP contribution in [0.25, 0.3) is 0 Å². The van der Waals surface area contributed by atoms with Gasteiger partial charge >= 0.3 is 0 Å². The van der Waals surface area contributed by atoms with E-state index >= 15 is 0 Å². The van der Waals surface area contributed by atoms with Crippen molar-refractivity contribution in [1.82, 2.24) is 5.32 Å². The quantitative estimate of drug-likeness (QED) is 0.832. The Bertz CT molecular complexity index is 929. The van der Waals surface area contributed by atoms with Crippen LogP contribution < -0.4 is 20.5 Å². The van der Waals surface area contributed by atoms with Crippen LogP contribution in [-0.4, -0.2) is 25.5 Å². The molecule has 6 nitrogen and oxygen atoms in total. The zero-order chi connectivity index (χ0) is 19.9. The first kappa shape index (κ1) is 18.3. The maximum Gasteiger partial charge on any atom is 0.247 e. The van der Waals surface area contributed by atoms with Crippen molar-refractivity contribution in [3.63, 3.8) is 0 Å². The molecule has 0 bridgehead atoms. The number of nitrogens with two attached hydrogens (primary N) is 1. The number of methoxy groups -OCH3 is 1. The highest BCUT2D eigenvalue weighted by atomic mass is 16.5. The average Bonchev–Trinajstić information content (AvgIpc) is 3.43. The number of ether oxygens (including phenoxy) is 2. The summed E-state index contributed by atoms with van der Waals surface area (Å²) >= 11 is 0. The van der Waals surface area contributed by atoms with E-state index in [2.05, 4.69) is 5.32 Å². The van der Waals surface area contributed by atoms with E-state index in [0.29, 0.717) is 18.6 Å². The highest BCUT2D eigenvalue weighted by Gasteiger charge is 2.62. The second-order valence-corrected chi connectivity index (χ2v) is 7.72. The fourth-order valence-corrected chi connectivity index (χ4v) is 4.23. The van der Waals surface area contributed by atoms with E-state index in [0.717, 1.165) is 23.5 Å². The summed E-state index contributed by atoms with van der Waals surface area (Å²) in [5.74, 6) is 0.547. The molecule has 1 spiro atoms. The lowest BCUT2D eigenvalue weighted by Gasteiger charge is -2.30. The van der Waals surface area contributed by atoms with E-state index in [1.165, 1.54) is 0 Å². The standard InChI is InChI=1S/C22H24N2O4/c1-21(20(23)26,14-6-4-3-5-7-14)24-19(25)17-13-22(17)10-11-28-18-9-8-15(27-2)12-16(18)22/h3-9,12,17H,10-11,13H2,1-2H3,(H2,23,26)(H,24,25)/t17-,21-,22-/m1/s1. The molecular formula is C22H24N2O4. The van der Waals surface area contributed by atoms with Crippen LogP contribution >= 0.6 is 0 Å². The van der Waals surface area contributed by atoms with Gasteiger partial charge in [0.05, 0.1) is 13.7 Å². The van der Waals surface area contributed by atoms with Crippen molar-refractivity contribution in [1.29, 1.82) is 0 Å². The molecule has 1 fully saturated rings. The fraction of sp³-hybridized carbons (Fsp3) is 0.364. The zero-order valence-electron chi connectivity index (χ0n) is 16.0. The van der Waals surface area contributed by atoms with Crippen LogP contribution in [0, 0.1) is 5.92 Å². The Labute approximate surface area is 164 Å². The molecule has 2 aromatic rings. The minimum Gasteiger partial charge on any atom is -0.497 e. The second kappa shape index (κ2) is 6.55. The number of primary amides is 1. The number of hydrogen-bond acceptors (Lipinski definition) is 4. The van der Waals surface area contributed by atoms with Crippen LogP contribution in [0.5, 0.6) is 11.5 Å². The van der Waals surface area contributed by atoms with E-state index in [-0.39, 0.29) is 17.2 Å². The molecule has 0 saturated heterocycles. The van der Waals surface area contributed by atoms with Crippen LogP contribution in [0.4, 0.5) is 0 Å². The number of carbonyl (C=O) groups excluding carboxylic acids is 2. The van der Waals surface area contributed by atoms with Crippen molar-refractivity contribution in [2.45, 2.75) is 30.7 Å². The van der Waals surface area contributed by atoms with Gasteiger partial charge in [-0.1, -0.05) is 30.3 Å². The average molecular weight is 380 g/mol. The van der Waals surface area contributed by atoms with Crippen molar-refractivity contribution in [3.05, 3.63) is 59.7 Å². The topological polar surface area (TPSA) is 90.7 Å². The SMILES string of the molecule is COc1ccc2c(c1)[C@@]1(CCO2)C[C@@H]1C(=O)N[C@@](C)(C(N)=O)c1ccccc1. The highest BCUT2D eigenvalue weighted by Crippen LogP contribution is 2.61. The molecule has 1 aliphatic carbocycles. The molecule has 6 heteroatoms. The third-order valence-electron chi connectivity index (χ3n) is 6.14. The Morgan fingerprint density at radius 2 is 2.00 bits per heavy atom. The molecule has 2 aliphatic rings. The molecule has 2 amide bonds. The van der Waals surface area contributed by atoms with Crippen LogP contribution in [0.2, 0.25) is 0 Å². The number of carbonyl (C=O) groups is 2. The fourth-order valence-electron chi connectivity index (χ4n) is 4.23. The van der Waals surface area contributed by atoms with Gasteiger partial charge in [-0.25, -0.2) is 0 Å². The Morgan fingerprint density at radius 1 is 1.25 bits per heavy atom. The monoisotopic (exact) mass is 380 g/mol. The van der Waals surface area contributed by atoms with Crippen LogP contribution in [-0.2, 0) is 20.5 Å². The molecule has 146 valence electrons. The summed E-state index contributed by atoms with van der Waals surface area (Å²) in [4.78, 5) is 25.4. The van der Waals surface area contributed by atoms with Gasteiger partial charge in [-0.3, -0.25) is 9.59 Å². The first-order valence-electron chi connectivity index (χ1n) is 9.39. The molecule has 3 N–H and O–H groups in total. The number of benzene rings is 2. The molecule has 1 heterocycles. The summed E-state index contributed by atoms with van der Waals surface area (Å²) in [6, 6.07) is 14.8. The van der Waals surface area contributed by atoms with Gasteiger partial charge in [0.1, 0.15) is 17.0 Å². The Morgan fingerprint density at radius 3 is 2.68 bits per heavy atom. The smallest absolute Gasteiger partial charge is 0.247 e. The first-order valence-corrected chi connectivity index (χ1v) is 9.39. The van der Waals surface area contributed by atoms with Crippen LogP contribution in [0.3, 0.4) is 0 Å². The molecule has 0 unspecified atom stereocenters. The van der Waals surface area contributed by atoms with Crippen LogP contribution in [0.15, 0.2) is 48.5 Å². The summed E-state index contributed by atoms with van der Waals surface area (Å²) in [6.07, 6.45) is 1.47. The summed E-state index contributed by atoms with van der Waals surface area (Å²) < 4.78 is 11.1. The minimum atomic E-state index is -1.26. The van der Waals surface area contributed by atoms with E-state index in [4.69, 9.17) is 15.2 Å². The lowest BCUT2D eigenvalue weighted by molar-refractivity contribution is -0.132. The summed E-state index contributed by atoms with van der Waals surface area (Å²) in [7, 11) is 1.62. The first-order chi connectivity index (χ1) is 13.4. The molecule has 1 saturated carbocycles. The van der Waals surface area contributed by atoms with Crippen molar-refractivity contribution in [2.24, 2.45) is 11.7 Å². The van der Waals surface area contributed by atoms with Crippen molar-refractivity contribution in [2.75, 3.05) is 13.7 Å². The normalized spacial score (nSPS) is 24.4. The molecule has 28 heavy (non-hydrogen) atoms. The summed E-state index contributed by atoms with van der Waals surface area (Å²) in [5.41, 5.74) is 5.80. The van der Waals surface area contributed by atoms with E-state index in [1.54, 1.807) is 26.2 Å². The lowest BCUT2D eigenvalue weighted by Crippen LogP contribution is -2.53. The summed E-state index contributed by atoms with van der Waals surface area (Å²) in [5, 5.41) is 2.92. The van der Waals surface area contributed by atoms with Gasteiger partial charge in [-0.15, -0.1) is 0 Å². The van der Waals surface area contributed by atoms with E-state index in [9.17, 15) is 9.59 Å². The van der Waals surface area contributed by atoms with Gasteiger partial charge in [0.2, 0.25) is 11.8 Å². The van der Waals surface area contributed by atoms with Gasteiger partial charge in [0.25, 0.3) is 0 Å². The summed E-state index contributed by atoms with van der Waals surface area (Å²) in [6.45, 7) is 2.22. The van der Waals surface area contributed by atoms with E-state index in [1.807, 2.05) is 36.4 Å². The number of nitrogens with one attached hydrogen (secondary N) is 1. The number of rotatable bonds is 5. The maximum absolute atomic E-state index is 13.1. The maximum atomic E-state index is 13.1. The second-order valence-electron chi connectivity index (χ2n) is 7.72. The highest BCUT2D eigenvalue weighted by molar-refractivity contribution is 5.93. The largest absolute Gasteiger partial charge is 0.497 e. The third-order valence-corrected chi connectivity index (χ3v) is 6.14. The molecular weight excluding hydrogens is 356 g/mol. The third kappa shape index (κ3) is 2.80. The minimum absolute atomic E-state index is 0.166. The number of hydrogen-bond donors (Lipinski definition) is 2. The zero-order valence-corrected chi connectivity index (χ0v) is 16.0. The Kier molecular flexibility index (Phi) is 4.29. The van der Waals surface area contributed by atoms with Gasteiger partial charge in [-0.05, 0) is 43.5 Å². The van der Waals surface area contributed by atoms with Gasteiger partial charge in [0, 0.05) is 16.9 Å². The van der Waals surface area contributed by atoms with Crippen molar-refractivity contribution >= 4 is 11.8 Å². The molecule has 3 atom stereocenters.